The summed E-state index contributed by atoms with van der Waals surface area (Å²) in [7, 11) is 0. The van der Waals surface area contributed by atoms with Gasteiger partial charge in [-0.2, -0.15) is 0 Å². The van der Waals surface area contributed by atoms with E-state index in [1.54, 1.807) is 65.3 Å². The Hall–Kier alpha value is -3.68. The molecule has 2 aliphatic rings. The summed E-state index contributed by atoms with van der Waals surface area (Å²) in [5.74, 6) is -0.685. The molecule has 0 saturated carbocycles. The monoisotopic (exact) mass is 449 g/mol. The van der Waals surface area contributed by atoms with Gasteiger partial charge in [0.25, 0.3) is 5.91 Å². The van der Waals surface area contributed by atoms with Gasteiger partial charge >= 0.3 is 5.97 Å². The fourth-order valence-electron chi connectivity index (χ4n) is 4.25. The number of piperazine rings is 1. The van der Waals surface area contributed by atoms with Crippen molar-refractivity contribution >= 4 is 29.4 Å². The third-order valence-electron chi connectivity index (χ3n) is 5.99. The predicted molar refractivity (Wildman–Crippen MR) is 122 cm³/mol. The van der Waals surface area contributed by atoms with E-state index < -0.39 is 5.97 Å². The standard InChI is InChI=1S/C25H27N3O5/c1-2-33-25(32)19-10-12-20(13-11-19)26-23(30)18-8-6-17(7-9-18)15-27-16-22(29)28-14-4-3-5-21(28)24(27)31/h6-13,21H,2-5,14-16H2,1H3,(H,26,30). The molecule has 0 aliphatic carbocycles. The second-order valence-corrected chi connectivity index (χ2v) is 8.24. The van der Waals surface area contributed by atoms with E-state index in [-0.39, 0.29) is 30.3 Å². The van der Waals surface area contributed by atoms with Crippen molar-refractivity contribution in [2.45, 2.75) is 38.8 Å². The number of hydrogen-bond acceptors (Lipinski definition) is 5. The number of hydrogen-bond donors (Lipinski definition) is 1. The number of rotatable bonds is 6. The maximum atomic E-state index is 12.8. The number of amides is 3. The minimum Gasteiger partial charge on any atom is -0.462 e. The van der Waals surface area contributed by atoms with Gasteiger partial charge in [-0.15, -0.1) is 0 Å². The van der Waals surface area contributed by atoms with Gasteiger partial charge in [-0.3, -0.25) is 14.4 Å². The topological polar surface area (TPSA) is 96.0 Å². The molecule has 33 heavy (non-hydrogen) atoms. The van der Waals surface area contributed by atoms with Crippen LogP contribution in [0.25, 0.3) is 0 Å². The van der Waals surface area contributed by atoms with E-state index in [1.165, 1.54) is 0 Å². The summed E-state index contributed by atoms with van der Waals surface area (Å²) in [6, 6.07) is 13.1. The van der Waals surface area contributed by atoms with Crippen molar-refractivity contribution in [1.29, 1.82) is 0 Å². The highest BCUT2D eigenvalue weighted by Crippen LogP contribution is 2.24. The minimum atomic E-state index is -0.406. The van der Waals surface area contributed by atoms with E-state index in [2.05, 4.69) is 5.32 Å². The number of carbonyl (C=O) groups excluding carboxylic acids is 4. The molecule has 2 aromatic rings. The van der Waals surface area contributed by atoms with Gasteiger partial charge in [0.05, 0.1) is 12.2 Å². The summed E-state index contributed by atoms with van der Waals surface area (Å²) >= 11 is 0. The van der Waals surface area contributed by atoms with E-state index in [4.69, 9.17) is 4.74 Å². The smallest absolute Gasteiger partial charge is 0.338 e. The van der Waals surface area contributed by atoms with Crippen molar-refractivity contribution in [2.75, 3.05) is 25.0 Å². The van der Waals surface area contributed by atoms with E-state index in [0.29, 0.717) is 36.5 Å². The van der Waals surface area contributed by atoms with Crippen LogP contribution in [0.3, 0.4) is 0 Å². The normalized spacial score (nSPS) is 18.0. The van der Waals surface area contributed by atoms with Crippen molar-refractivity contribution in [1.82, 2.24) is 9.80 Å². The molecule has 0 aromatic heterocycles. The maximum absolute atomic E-state index is 12.8. The van der Waals surface area contributed by atoms with E-state index in [0.717, 1.165) is 24.8 Å². The molecule has 2 aromatic carbocycles. The summed E-state index contributed by atoms with van der Waals surface area (Å²) < 4.78 is 4.95. The zero-order chi connectivity index (χ0) is 23.4. The number of esters is 1. The van der Waals surface area contributed by atoms with Gasteiger partial charge in [-0.1, -0.05) is 12.1 Å². The quantitative estimate of drug-likeness (QED) is 0.684. The molecule has 0 radical (unpaired) electrons. The molecule has 8 heteroatoms. The van der Waals surface area contributed by atoms with Crippen LogP contribution >= 0.6 is 0 Å². The van der Waals surface area contributed by atoms with Crippen LogP contribution in [0, 0.1) is 0 Å². The maximum Gasteiger partial charge on any atom is 0.338 e. The minimum absolute atomic E-state index is 0.00221. The first kappa shape index (κ1) is 22.5. The summed E-state index contributed by atoms with van der Waals surface area (Å²) in [4.78, 5) is 52.9. The number of piperidine rings is 1. The second kappa shape index (κ2) is 9.85. The Bertz CT molecular complexity index is 1050. The van der Waals surface area contributed by atoms with Crippen LogP contribution < -0.4 is 5.32 Å². The lowest BCUT2D eigenvalue weighted by atomic mass is 9.98. The van der Waals surface area contributed by atoms with Crippen molar-refractivity contribution in [3.63, 3.8) is 0 Å². The molecule has 2 aliphatic heterocycles. The highest BCUT2D eigenvalue weighted by molar-refractivity contribution is 6.04. The second-order valence-electron chi connectivity index (χ2n) is 8.24. The summed E-state index contributed by atoms with van der Waals surface area (Å²) in [6.45, 7) is 3.14. The Labute approximate surface area is 192 Å². The molecule has 2 saturated heterocycles. The van der Waals surface area contributed by atoms with Crippen LogP contribution in [0.5, 0.6) is 0 Å². The number of ether oxygens (including phenoxy) is 1. The van der Waals surface area contributed by atoms with Crippen LogP contribution in [0.4, 0.5) is 5.69 Å². The van der Waals surface area contributed by atoms with Crippen LogP contribution in [-0.2, 0) is 20.9 Å². The molecular formula is C25H27N3O5. The third-order valence-corrected chi connectivity index (χ3v) is 5.99. The van der Waals surface area contributed by atoms with Crippen molar-refractivity contribution in [3.05, 3.63) is 65.2 Å². The Balaban J connectivity index is 1.36. The average molecular weight is 450 g/mol. The van der Waals surface area contributed by atoms with Gasteiger partial charge in [0, 0.05) is 24.3 Å². The molecule has 8 nitrogen and oxygen atoms in total. The van der Waals surface area contributed by atoms with Gasteiger partial charge in [-0.05, 0) is 68.1 Å². The molecule has 0 spiro atoms. The van der Waals surface area contributed by atoms with Gasteiger partial charge < -0.3 is 19.9 Å². The molecule has 1 unspecified atom stereocenters. The molecule has 3 amide bonds. The molecule has 2 heterocycles. The third kappa shape index (κ3) is 5.05. The Morgan fingerprint density at radius 1 is 1.00 bits per heavy atom. The Morgan fingerprint density at radius 2 is 1.70 bits per heavy atom. The molecule has 1 atom stereocenters. The SMILES string of the molecule is CCOC(=O)c1ccc(NC(=O)c2ccc(CN3CC(=O)N4CCCCC4C3=O)cc2)cc1. The van der Waals surface area contributed by atoms with E-state index >= 15 is 0 Å². The van der Waals surface area contributed by atoms with Crippen LogP contribution in [-0.4, -0.2) is 59.2 Å². The fraction of sp³-hybridized carbons (Fsp3) is 0.360. The fourth-order valence-corrected chi connectivity index (χ4v) is 4.25. The van der Waals surface area contributed by atoms with Crippen molar-refractivity contribution in [2.24, 2.45) is 0 Å². The zero-order valence-electron chi connectivity index (χ0n) is 18.6. The Morgan fingerprint density at radius 3 is 2.39 bits per heavy atom. The highest BCUT2D eigenvalue weighted by atomic mass is 16.5. The van der Waals surface area contributed by atoms with Gasteiger partial charge in [0.2, 0.25) is 11.8 Å². The molecule has 1 N–H and O–H groups in total. The Kier molecular flexibility index (Phi) is 6.72. The van der Waals surface area contributed by atoms with Crippen LogP contribution in [0.15, 0.2) is 48.5 Å². The molecule has 172 valence electrons. The zero-order valence-corrected chi connectivity index (χ0v) is 18.6. The number of anilines is 1. The van der Waals surface area contributed by atoms with Crippen molar-refractivity contribution < 1.29 is 23.9 Å². The number of fused-ring (bicyclic) bond motifs is 1. The lowest BCUT2D eigenvalue weighted by Crippen LogP contribution is -2.60. The van der Waals surface area contributed by atoms with Crippen molar-refractivity contribution in [3.8, 4) is 0 Å². The number of carbonyl (C=O) groups is 4. The summed E-state index contributed by atoms with van der Waals surface area (Å²) in [6.07, 6.45) is 2.64. The van der Waals surface area contributed by atoms with Gasteiger partial charge in [0.15, 0.2) is 0 Å². The number of nitrogens with zero attached hydrogens (tertiary/aromatic N) is 2. The molecule has 4 rings (SSSR count). The first-order valence-electron chi connectivity index (χ1n) is 11.2. The predicted octanol–water partition coefficient (Wildman–Crippen LogP) is 2.84. The lowest BCUT2D eigenvalue weighted by Gasteiger charge is -2.42. The number of nitrogens with one attached hydrogen (secondary N) is 1. The first-order chi connectivity index (χ1) is 16.0. The van der Waals surface area contributed by atoms with Crippen LogP contribution in [0.2, 0.25) is 0 Å². The molecular weight excluding hydrogens is 422 g/mol. The largest absolute Gasteiger partial charge is 0.462 e. The molecule has 2 fully saturated rings. The summed E-state index contributed by atoms with van der Waals surface area (Å²) in [5.41, 5.74) is 2.30. The van der Waals surface area contributed by atoms with E-state index in [9.17, 15) is 19.2 Å². The highest BCUT2D eigenvalue weighted by Gasteiger charge is 2.40. The summed E-state index contributed by atoms with van der Waals surface area (Å²) in [5, 5.41) is 2.80. The van der Waals surface area contributed by atoms with E-state index in [1.807, 2.05) is 0 Å². The van der Waals surface area contributed by atoms with Gasteiger partial charge in [-0.25, -0.2) is 4.79 Å². The molecule has 0 bridgehead atoms. The van der Waals surface area contributed by atoms with Crippen LogP contribution in [0.1, 0.15) is 52.5 Å². The first-order valence-corrected chi connectivity index (χ1v) is 11.2. The van der Waals surface area contributed by atoms with Gasteiger partial charge in [0.1, 0.15) is 12.6 Å². The lowest BCUT2D eigenvalue weighted by molar-refractivity contribution is -0.158. The average Bonchev–Trinajstić information content (AvgIpc) is 2.83. The number of benzene rings is 2.